The van der Waals surface area contributed by atoms with Crippen molar-refractivity contribution in [1.82, 2.24) is 0 Å². The molecule has 0 spiro atoms. The van der Waals surface area contributed by atoms with Crippen LogP contribution < -0.4 is 9.47 Å². The molecule has 0 amide bonds. The molecule has 4 heteroatoms. The van der Waals surface area contributed by atoms with Crippen LogP contribution >= 0.6 is 22.6 Å². The Labute approximate surface area is 150 Å². The standard InChI is InChI=1S/C19H18INO2/c1-3-22-18-12-14(11-17(20)19(18)23-4-2)10-16(13-21)15-8-6-5-7-9-15/h5-12H,3-4H2,1-2H3/b16-10-. The fourth-order valence-electron chi connectivity index (χ4n) is 2.18. The molecular formula is C19H18INO2. The topological polar surface area (TPSA) is 42.2 Å². The molecule has 0 N–H and O–H groups in total. The molecule has 2 rings (SSSR count). The maximum absolute atomic E-state index is 9.45. The van der Waals surface area contributed by atoms with Gasteiger partial charge in [-0.2, -0.15) is 5.26 Å². The first-order chi connectivity index (χ1) is 11.2. The van der Waals surface area contributed by atoms with Crippen LogP contribution in [0.2, 0.25) is 0 Å². The van der Waals surface area contributed by atoms with Crippen molar-refractivity contribution in [3.8, 4) is 17.6 Å². The SMILES string of the molecule is CCOc1cc(/C=C(/C#N)c2ccccc2)cc(I)c1OCC. The zero-order valence-electron chi connectivity index (χ0n) is 13.2. The molecule has 0 bridgehead atoms. The van der Waals surface area contributed by atoms with Gasteiger partial charge in [-0.05, 0) is 65.8 Å². The Kier molecular flexibility index (Phi) is 6.48. The number of ether oxygens (including phenoxy) is 2. The van der Waals surface area contributed by atoms with Crippen molar-refractivity contribution < 1.29 is 9.47 Å². The first-order valence-corrected chi connectivity index (χ1v) is 8.53. The Morgan fingerprint density at radius 1 is 1.13 bits per heavy atom. The Balaban J connectivity index is 2.47. The lowest BCUT2D eigenvalue weighted by Gasteiger charge is -2.13. The van der Waals surface area contributed by atoms with Gasteiger partial charge in [0.1, 0.15) is 0 Å². The number of halogens is 1. The number of nitrogens with zero attached hydrogens (tertiary/aromatic N) is 1. The summed E-state index contributed by atoms with van der Waals surface area (Å²) < 4.78 is 12.3. The highest BCUT2D eigenvalue weighted by Gasteiger charge is 2.11. The maximum Gasteiger partial charge on any atom is 0.174 e. The van der Waals surface area contributed by atoms with E-state index in [1.807, 2.05) is 62.4 Å². The van der Waals surface area contributed by atoms with Gasteiger partial charge < -0.3 is 9.47 Å². The summed E-state index contributed by atoms with van der Waals surface area (Å²) in [4.78, 5) is 0. The predicted molar refractivity (Wildman–Crippen MR) is 101 cm³/mol. The second-order valence-corrected chi connectivity index (χ2v) is 5.89. The summed E-state index contributed by atoms with van der Waals surface area (Å²) in [6.07, 6.45) is 1.87. The molecule has 0 aliphatic carbocycles. The van der Waals surface area contributed by atoms with Gasteiger partial charge in [0.25, 0.3) is 0 Å². The van der Waals surface area contributed by atoms with Crippen LogP contribution in [0.15, 0.2) is 42.5 Å². The smallest absolute Gasteiger partial charge is 0.174 e. The second kappa shape index (κ2) is 8.59. The average molecular weight is 419 g/mol. The van der Waals surface area contributed by atoms with E-state index < -0.39 is 0 Å². The summed E-state index contributed by atoms with van der Waals surface area (Å²) in [5.41, 5.74) is 2.44. The normalized spacial score (nSPS) is 11.0. The zero-order valence-corrected chi connectivity index (χ0v) is 15.3. The van der Waals surface area contributed by atoms with Crippen LogP contribution in [0.4, 0.5) is 0 Å². The van der Waals surface area contributed by atoms with E-state index in [4.69, 9.17) is 9.47 Å². The van der Waals surface area contributed by atoms with Crippen LogP contribution in [0.1, 0.15) is 25.0 Å². The summed E-state index contributed by atoms with van der Waals surface area (Å²) in [7, 11) is 0. The van der Waals surface area contributed by atoms with E-state index in [2.05, 4.69) is 28.7 Å². The minimum Gasteiger partial charge on any atom is -0.490 e. The van der Waals surface area contributed by atoms with Crippen molar-refractivity contribution in [2.45, 2.75) is 13.8 Å². The Hall–Kier alpha value is -2.00. The minimum atomic E-state index is 0.563. The summed E-state index contributed by atoms with van der Waals surface area (Å²) in [5, 5.41) is 9.45. The molecule has 0 aliphatic heterocycles. The van der Waals surface area contributed by atoms with Crippen molar-refractivity contribution in [3.63, 3.8) is 0 Å². The molecule has 0 aliphatic rings. The number of allylic oxidation sites excluding steroid dienone is 1. The molecule has 0 radical (unpaired) electrons. The van der Waals surface area contributed by atoms with E-state index in [0.717, 1.165) is 20.4 Å². The second-order valence-electron chi connectivity index (χ2n) is 4.73. The van der Waals surface area contributed by atoms with Gasteiger partial charge in [0.2, 0.25) is 0 Å². The quantitative estimate of drug-likeness (QED) is 0.369. The van der Waals surface area contributed by atoms with Crippen molar-refractivity contribution in [3.05, 3.63) is 57.2 Å². The molecule has 0 unspecified atom stereocenters. The number of nitriles is 1. The minimum absolute atomic E-state index is 0.563. The van der Waals surface area contributed by atoms with Gasteiger partial charge in [0, 0.05) is 0 Å². The van der Waals surface area contributed by atoms with Crippen LogP contribution in [-0.2, 0) is 0 Å². The van der Waals surface area contributed by atoms with E-state index in [-0.39, 0.29) is 0 Å². The van der Waals surface area contributed by atoms with Crippen LogP contribution in [-0.4, -0.2) is 13.2 Å². The zero-order chi connectivity index (χ0) is 16.7. The summed E-state index contributed by atoms with van der Waals surface area (Å²) in [6.45, 7) is 5.03. The van der Waals surface area contributed by atoms with Gasteiger partial charge in [-0.3, -0.25) is 0 Å². The lowest BCUT2D eigenvalue weighted by Crippen LogP contribution is -2.00. The fraction of sp³-hybridized carbons (Fsp3) is 0.211. The third-order valence-electron chi connectivity index (χ3n) is 3.14. The van der Waals surface area contributed by atoms with Gasteiger partial charge >= 0.3 is 0 Å². The lowest BCUT2D eigenvalue weighted by molar-refractivity contribution is 0.286. The molecule has 0 saturated heterocycles. The fourth-order valence-corrected chi connectivity index (χ4v) is 2.96. The van der Waals surface area contributed by atoms with Crippen molar-refractivity contribution >= 4 is 34.2 Å². The molecule has 0 heterocycles. The monoisotopic (exact) mass is 419 g/mol. The molecular weight excluding hydrogens is 401 g/mol. The van der Waals surface area contributed by atoms with Crippen LogP contribution in [0.25, 0.3) is 11.6 Å². The highest BCUT2D eigenvalue weighted by Crippen LogP contribution is 2.35. The maximum atomic E-state index is 9.45. The highest BCUT2D eigenvalue weighted by atomic mass is 127. The molecule has 0 fully saturated rings. The van der Waals surface area contributed by atoms with E-state index in [9.17, 15) is 5.26 Å². The summed E-state index contributed by atoms with van der Waals surface area (Å²) in [6, 6.07) is 15.8. The molecule has 23 heavy (non-hydrogen) atoms. The van der Waals surface area contributed by atoms with Crippen molar-refractivity contribution in [2.24, 2.45) is 0 Å². The third-order valence-corrected chi connectivity index (χ3v) is 3.94. The summed E-state index contributed by atoms with van der Waals surface area (Å²) in [5.74, 6) is 1.46. The number of hydrogen-bond acceptors (Lipinski definition) is 3. The van der Waals surface area contributed by atoms with Gasteiger partial charge in [0.15, 0.2) is 11.5 Å². The molecule has 2 aromatic rings. The highest BCUT2D eigenvalue weighted by molar-refractivity contribution is 14.1. The first-order valence-electron chi connectivity index (χ1n) is 7.46. The van der Waals surface area contributed by atoms with E-state index in [1.165, 1.54) is 0 Å². The molecule has 3 nitrogen and oxygen atoms in total. The number of rotatable bonds is 6. The molecule has 118 valence electrons. The van der Waals surface area contributed by atoms with Gasteiger partial charge in [0.05, 0.1) is 28.4 Å². The Morgan fingerprint density at radius 3 is 2.43 bits per heavy atom. The van der Waals surface area contributed by atoms with E-state index in [0.29, 0.717) is 24.5 Å². The van der Waals surface area contributed by atoms with Crippen molar-refractivity contribution in [1.29, 1.82) is 5.26 Å². The Morgan fingerprint density at radius 2 is 1.83 bits per heavy atom. The first kappa shape index (κ1) is 17.4. The van der Waals surface area contributed by atoms with Crippen LogP contribution in [0.5, 0.6) is 11.5 Å². The van der Waals surface area contributed by atoms with Gasteiger partial charge in [-0.1, -0.05) is 30.3 Å². The van der Waals surface area contributed by atoms with Crippen LogP contribution in [0, 0.1) is 14.9 Å². The largest absolute Gasteiger partial charge is 0.490 e. The number of benzene rings is 2. The summed E-state index contributed by atoms with van der Waals surface area (Å²) >= 11 is 2.23. The van der Waals surface area contributed by atoms with E-state index in [1.54, 1.807) is 0 Å². The molecule has 0 atom stereocenters. The number of hydrogen-bond donors (Lipinski definition) is 0. The molecule has 0 saturated carbocycles. The van der Waals surface area contributed by atoms with Gasteiger partial charge in [-0.25, -0.2) is 0 Å². The lowest BCUT2D eigenvalue weighted by atomic mass is 10.0. The molecule has 2 aromatic carbocycles. The third kappa shape index (κ3) is 4.49. The predicted octanol–water partition coefficient (Wildman–Crippen LogP) is 5.15. The van der Waals surface area contributed by atoms with Crippen molar-refractivity contribution in [2.75, 3.05) is 13.2 Å². The Bertz CT molecular complexity index is 733. The van der Waals surface area contributed by atoms with Crippen LogP contribution in [0.3, 0.4) is 0 Å². The van der Waals surface area contributed by atoms with Gasteiger partial charge in [-0.15, -0.1) is 0 Å². The average Bonchev–Trinajstić information content (AvgIpc) is 2.57. The molecule has 0 aromatic heterocycles. The van der Waals surface area contributed by atoms with E-state index >= 15 is 0 Å².